The summed E-state index contributed by atoms with van der Waals surface area (Å²) in [4.78, 5) is 15.8. The van der Waals surface area contributed by atoms with Crippen LogP contribution >= 0.6 is 11.6 Å². The number of hydrogen-bond donors (Lipinski definition) is 2. The number of aromatic hydroxyl groups is 1. The van der Waals surface area contributed by atoms with Gasteiger partial charge in [-0.1, -0.05) is 23.7 Å². The molecule has 98 valence electrons. The lowest BCUT2D eigenvalue weighted by molar-refractivity contribution is -0.115. The van der Waals surface area contributed by atoms with Crippen LogP contribution in [0.5, 0.6) is 5.75 Å². The second-order valence-electron chi connectivity index (χ2n) is 4.22. The van der Waals surface area contributed by atoms with E-state index in [4.69, 9.17) is 16.7 Å². The number of carbonyl (C=O) groups excluding carboxylic acids is 1. The Bertz CT molecular complexity index is 597. The number of hydrogen-bond acceptors (Lipinski definition) is 3. The number of phenols is 1. The number of aryl methyl sites for hydroxylation is 1. The van der Waals surface area contributed by atoms with E-state index in [0.717, 1.165) is 11.1 Å². The molecule has 0 saturated carbocycles. The van der Waals surface area contributed by atoms with Crippen molar-refractivity contribution in [2.45, 2.75) is 13.3 Å². The van der Waals surface area contributed by atoms with Crippen LogP contribution in [0.15, 0.2) is 36.5 Å². The number of halogens is 1. The molecule has 0 aliphatic carbocycles. The summed E-state index contributed by atoms with van der Waals surface area (Å²) in [5.41, 5.74) is 2.25. The zero-order chi connectivity index (χ0) is 13.8. The van der Waals surface area contributed by atoms with Gasteiger partial charge in [0.2, 0.25) is 5.91 Å². The highest BCUT2D eigenvalue weighted by Crippen LogP contribution is 2.16. The van der Waals surface area contributed by atoms with Gasteiger partial charge in [-0.05, 0) is 36.2 Å². The van der Waals surface area contributed by atoms with Crippen LogP contribution in [0.3, 0.4) is 0 Å². The number of aromatic nitrogens is 1. The smallest absolute Gasteiger partial charge is 0.228 e. The first-order valence-corrected chi connectivity index (χ1v) is 6.12. The van der Waals surface area contributed by atoms with Crippen LogP contribution in [0.2, 0.25) is 5.15 Å². The van der Waals surface area contributed by atoms with E-state index in [9.17, 15) is 4.79 Å². The Morgan fingerprint density at radius 3 is 2.68 bits per heavy atom. The molecule has 0 spiro atoms. The molecular weight excluding hydrogens is 264 g/mol. The average Bonchev–Trinajstić information content (AvgIpc) is 2.37. The molecule has 0 saturated heterocycles. The number of pyridine rings is 1. The first-order valence-electron chi connectivity index (χ1n) is 5.74. The normalized spacial score (nSPS) is 10.2. The van der Waals surface area contributed by atoms with Crippen molar-refractivity contribution in [3.05, 3.63) is 52.8 Å². The van der Waals surface area contributed by atoms with E-state index >= 15 is 0 Å². The van der Waals surface area contributed by atoms with Crippen LogP contribution < -0.4 is 5.32 Å². The van der Waals surface area contributed by atoms with Crippen LogP contribution in [-0.2, 0) is 11.2 Å². The maximum absolute atomic E-state index is 11.8. The van der Waals surface area contributed by atoms with Crippen molar-refractivity contribution < 1.29 is 9.90 Å². The van der Waals surface area contributed by atoms with Crippen molar-refractivity contribution in [2.24, 2.45) is 0 Å². The van der Waals surface area contributed by atoms with Gasteiger partial charge in [-0.25, -0.2) is 4.98 Å². The van der Waals surface area contributed by atoms with Gasteiger partial charge in [0.25, 0.3) is 0 Å². The minimum absolute atomic E-state index is 0.144. The molecule has 1 heterocycles. The van der Waals surface area contributed by atoms with Gasteiger partial charge < -0.3 is 10.4 Å². The Balaban J connectivity index is 2.01. The predicted molar refractivity (Wildman–Crippen MR) is 74.4 cm³/mol. The second-order valence-corrected chi connectivity index (χ2v) is 4.58. The third kappa shape index (κ3) is 3.69. The molecule has 2 aromatic rings. The standard InChI is InChI=1S/C14H13ClN2O2/c1-9-6-11(8-16-14(9)15)17-13(19)7-10-2-4-12(18)5-3-10/h2-6,8,18H,7H2,1H3,(H,17,19). The Labute approximate surface area is 116 Å². The Morgan fingerprint density at radius 2 is 2.05 bits per heavy atom. The molecule has 0 atom stereocenters. The second kappa shape index (κ2) is 5.71. The molecule has 1 aromatic heterocycles. The fraction of sp³-hybridized carbons (Fsp3) is 0.143. The summed E-state index contributed by atoms with van der Waals surface area (Å²) in [5.74, 6) is 0.0379. The fourth-order valence-electron chi connectivity index (χ4n) is 1.63. The zero-order valence-corrected chi connectivity index (χ0v) is 11.1. The minimum Gasteiger partial charge on any atom is -0.508 e. The third-order valence-electron chi connectivity index (χ3n) is 2.60. The van der Waals surface area contributed by atoms with Crippen molar-refractivity contribution >= 4 is 23.2 Å². The predicted octanol–water partition coefficient (Wildman–Crippen LogP) is 2.93. The SMILES string of the molecule is Cc1cc(NC(=O)Cc2ccc(O)cc2)cnc1Cl. The number of benzene rings is 1. The van der Waals surface area contributed by atoms with Gasteiger partial charge in [0.15, 0.2) is 0 Å². The van der Waals surface area contributed by atoms with Crippen molar-refractivity contribution in [3.8, 4) is 5.75 Å². The van der Waals surface area contributed by atoms with Crippen LogP contribution in [0, 0.1) is 6.92 Å². The third-order valence-corrected chi connectivity index (χ3v) is 2.99. The quantitative estimate of drug-likeness (QED) is 0.847. The van der Waals surface area contributed by atoms with Crippen LogP contribution in [0.25, 0.3) is 0 Å². The molecule has 0 radical (unpaired) electrons. The summed E-state index contributed by atoms with van der Waals surface area (Å²) in [5, 5.41) is 12.3. The van der Waals surface area contributed by atoms with Crippen LogP contribution in [-0.4, -0.2) is 16.0 Å². The molecule has 0 aliphatic rings. The monoisotopic (exact) mass is 276 g/mol. The number of amides is 1. The van der Waals surface area contributed by atoms with E-state index in [-0.39, 0.29) is 18.1 Å². The minimum atomic E-state index is -0.144. The summed E-state index contributed by atoms with van der Waals surface area (Å²) < 4.78 is 0. The topological polar surface area (TPSA) is 62.2 Å². The van der Waals surface area contributed by atoms with Crippen molar-refractivity contribution in [2.75, 3.05) is 5.32 Å². The van der Waals surface area contributed by atoms with E-state index in [1.807, 2.05) is 6.92 Å². The lowest BCUT2D eigenvalue weighted by atomic mass is 10.1. The molecule has 0 bridgehead atoms. The number of carbonyl (C=O) groups is 1. The Kier molecular flexibility index (Phi) is 4.02. The molecule has 1 aromatic carbocycles. The van der Waals surface area contributed by atoms with Crippen LogP contribution in [0.4, 0.5) is 5.69 Å². The number of rotatable bonds is 3. The largest absolute Gasteiger partial charge is 0.508 e. The molecule has 5 heteroatoms. The van der Waals surface area contributed by atoms with Gasteiger partial charge in [0.05, 0.1) is 18.3 Å². The van der Waals surface area contributed by atoms with Crippen molar-refractivity contribution in [1.29, 1.82) is 0 Å². The maximum atomic E-state index is 11.8. The zero-order valence-electron chi connectivity index (χ0n) is 10.4. The number of anilines is 1. The molecule has 19 heavy (non-hydrogen) atoms. The molecular formula is C14H13ClN2O2. The van der Waals surface area contributed by atoms with E-state index in [1.54, 1.807) is 30.3 Å². The molecule has 4 nitrogen and oxygen atoms in total. The lowest BCUT2D eigenvalue weighted by Gasteiger charge is -2.06. The molecule has 0 aliphatic heterocycles. The molecule has 1 amide bonds. The molecule has 2 rings (SSSR count). The van der Waals surface area contributed by atoms with Gasteiger partial charge in [0, 0.05) is 0 Å². The first kappa shape index (κ1) is 13.4. The highest BCUT2D eigenvalue weighted by atomic mass is 35.5. The number of phenolic OH excluding ortho intramolecular Hbond substituents is 1. The van der Waals surface area contributed by atoms with E-state index < -0.39 is 0 Å². The van der Waals surface area contributed by atoms with Gasteiger partial charge in [-0.15, -0.1) is 0 Å². The van der Waals surface area contributed by atoms with E-state index in [0.29, 0.717) is 10.8 Å². The highest BCUT2D eigenvalue weighted by Gasteiger charge is 2.06. The molecule has 2 N–H and O–H groups in total. The van der Waals surface area contributed by atoms with Crippen LogP contribution in [0.1, 0.15) is 11.1 Å². The highest BCUT2D eigenvalue weighted by molar-refractivity contribution is 6.30. The average molecular weight is 277 g/mol. The van der Waals surface area contributed by atoms with Gasteiger partial charge in [-0.3, -0.25) is 4.79 Å². The van der Waals surface area contributed by atoms with Gasteiger partial charge in [-0.2, -0.15) is 0 Å². The fourth-order valence-corrected chi connectivity index (χ4v) is 1.73. The maximum Gasteiger partial charge on any atom is 0.228 e. The summed E-state index contributed by atoms with van der Waals surface area (Å²) >= 11 is 5.81. The summed E-state index contributed by atoms with van der Waals surface area (Å²) in [6.07, 6.45) is 1.76. The first-order chi connectivity index (χ1) is 9.04. The van der Waals surface area contributed by atoms with E-state index in [2.05, 4.69) is 10.3 Å². The summed E-state index contributed by atoms with van der Waals surface area (Å²) in [6, 6.07) is 8.29. The Hall–Kier alpha value is -2.07. The van der Waals surface area contributed by atoms with Gasteiger partial charge in [0.1, 0.15) is 10.9 Å². The van der Waals surface area contributed by atoms with Gasteiger partial charge >= 0.3 is 0 Å². The van der Waals surface area contributed by atoms with E-state index in [1.165, 1.54) is 6.20 Å². The summed E-state index contributed by atoms with van der Waals surface area (Å²) in [7, 11) is 0. The number of nitrogens with one attached hydrogen (secondary N) is 1. The molecule has 0 unspecified atom stereocenters. The summed E-state index contributed by atoms with van der Waals surface area (Å²) in [6.45, 7) is 1.82. The van der Waals surface area contributed by atoms with Crippen molar-refractivity contribution in [3.63, 3.8) is 0 Å². The Morgan fingerprint density at radius 1 is 1.37 bits per heavy atom. The van der Waals surface area contributed by atoms with Crippen molar-refractivity contribution in [1.82, 2.24) is 4.98 Å². The number of nitrogens with zero attached hydrogens (tertiary/aromatic N) is 1. The molecule has 0 fully saturated rings. The lowest BCUT2D eigenvalue weighted by Crippen LogP contribution is -2.14.